The van der Waals surface area contributed by atoms with Gasteiger partial charge in [0.15, 0.2) is 0 Å². The van der Waals surface area contributed by atoms with Crippen molar-refractivity contribution in [1.82, 2.24) is 0 Å². The highest BCUT2D eigenvalue weighted by Crippen LogP contribution is 2.48. The molecule has 0 atom stereocenters. The zero-order valence-electron chi connectivity index (χ0n) is 11.0. The lowest BCUT2D eigenvalue weighted by atomic mass is 10.1. The Bertz CT molecular complexity index is 305. The van der Waals surface area contributed by atoms with E-state index in [4.69, 9.17) is 0 Å². The summed E-state index contributed by atoms with van der Waals surface area (Å²) in [6.07, 6.45) is -4.96. The Labute approximate surface area is 115 Å². The van der Waals surface area contributed by atoms with Gasteiger partial charge in [0.25, 0.3) is 6.48 Å². The molecule has 0 aromatic carbocycles. The van der Waals surface area contributed by atoms with Gasteiger partial charge in [-0.15, -0.1) is 0 Å². The minimum Gasteiger partial charge on any atom is -0.330 e. The molecule has 0 N–H and O–H groups in total. The molecule has 0 aromatic rings. The summed E-state index contributed by atoms with van der Waals surface area (Å²) in [6.45, 7) is -1.52. The molecule has 0 saturated heterocycles. The predicted octanol–water partition coefficient (Wildman–Crippen LogP) is 3.53. The standard InChI is InChI=1S/C10H14F8O3/c1-3-19-7(20-4-2)21-5-8(13,14)10(17,18)9(15,16)6(11)12/h6-7H,3-5H2,1-2H3. The van der Waals surface area contributed by atoms with Gasteiger partial charge in [-0.1, -0.05) is 0 Å². The fourth-order valence-corrected chi connectivity index (χ4v) is 1.06. The summed E-state index contributed by atoms with van der Waals surface area (Å²) in [4.78, 5) is 0. The van der Waals surface area contributed by atoms with Crippen molar-refractivity contribution in [2.45, 2.75) is 44.5 Å². The number of ether oxygens (including phenoxy) is 3. The van der Waals surface area contributed by atoms with Crippen molar-refractivity contribution in [2.75, 3.05) is 19.8 Å². The lowest BCUT2D eigenvalue weighted by molar-refractivity contribution is -0.367. The lowest BCUT2D eigenvalue weighted by Crippen LogP contribution is -2.59. The zero-order valence-corrected chi connectivity index (χ0v) is 11.0. The number of alkyl halides is 8. The van der Waals surface area contributed by atoms with E-state index in [0.717, 1.165) is 0 Å². The quantitative estimate of drug-likeness (QED) is 0.452. The van der Waals surface area contributed by atoms with Crippen LogP contribution in [0.2, 0.25) is 0 Å². The average molecular weight is 334 g/mol. The van der Waals surface area contributed by atoms with Crippen LogP contribution in [0.15, 0.2) is 0 Å². The van der Waals surface area contributed by atoms with Crippen LogP contribution in [-0.4, -0.2) is 50.5 Å². The number of hydrogen-bond acceptors (Lipinski definition) is 3. The zero-order chi connectivity index (χ0) is 16.9. The van der Waals surface area contributed by atoms with Crippen molar-refractivity contribution >= 4 is 0 Å². The van der Waals surface area contributed by atoms with Crippen LogP contribution < -0.4 is 0 Å². The maximum atomic E-state index is 13.1. The molecule has 0 aliphatic carbocycles. The Morgan fingerprint density at radius 2 is 1.24 bits per heavy atom. The summed E-state index contributed by atoms with van der Waals surface area (Å²) in [5.74, 6) is -18.1. The third-order valence-corrected chi connectivity index (χ3v) is 2.16. The van der Waals surface area contributed by atoms with E-state index < -0.39 is 37.3 Å². The molecular weight excluding hydrogens is 320 g/mol. The first-order valence-electron chi connectivity index (χ1n) is 5.70. The fraction of sp³-hybridized carbons (Fsp3) is 1.00. The van der Waals surface area contributed by atoms with Crippen molar-refractivity contribution in [3.05, 3.63) is 0 Å². The molecule has 0 unspecified atom stereocenters. The number of rotatable bonds is 10. The normalized spacial score (nSPS) is 14.3. The van der Waals surface area contributed by atoms with Crippen LogP contribution in [-0.2, 0) is 14.2 Å². The topological polar surface area (TPSA) is 27.7 Å². The molecule has 11 heteroatoms. The second kappa shape index (κ2) is 7.54. The molecule has 0 aromatic heterocycles. The average Bonchev–Trinajstić information content (AvgIpc) is 2.36. The van der Waals surface area contributed by atoms with Gasteiger partial charge in [0.2, 0.25) is 0 Å². The van der Waals surface area contributed by atoms with Crippen LogP contribution in [0.4, 0.5) is 35.1 Å². The summed E-state index contributed by atoms with van der Waals surface area (Å²) < 4.78 is 114. The van der Waals surface area contributed by atoms with Crippen molar-refractivity contribution in [2.24, 2.45) is 0 Å². The molecule has 0 aliphatic rings. The summed E-state index contributed by atoms with van der Waals surface area (Å²) in [5, 5.41) is 0. The van der Waals surface area contributed by atoms with E-state index in [0.29, 0.717) is 0 Å². The van der Waals surface area contributed by atoms with E-state index in [9.17, 15) is 35.1 Å². The smallest absolute Gasteiger partial charge is 0.330 e. The number of halogens is 8. The highest BCUT2D eigenvalue weighted by Gasteiger charge is 2.75. The Morgan fingerprint density at radius 3 is 1.57 bits per heavy atom. The Hall–Kier alpha value is -0.680. The Kier molecular flexibility index (Phi) is 7.30. The summed E-state index contributed by atoms with van der Waals surface area (Å²) in [5.41, 5.74) is 0. The first kappa shape index (κ1) is 20.3. The summed E-state index contributed by atoms with van der Waals surface area (Å²) >= 11 is 0. The van der Waals surface area contributed by atoms with Gasteiger partial charge in [-0.05, 0) is 13.8 Å². The van der Waals surface area contributed by atoms with Gasteiger partial charge in [-0.3, -0.25) is 0 Å². The largest absolute Gasteiger partial charge is 0.380 e. The van der Waals surface area contributed by atoms with Gasteiger partial charge in [0.1, 0.15) is 6.61 Å². The molecule has 0 saturated carbocycles. The molecule has 21 heavy (non-hydrogen) atoms. The molecule has 128 valence electrons. The third kappa shape index (κ3) is 4.65. The fourth-order valence-electron chi connectivity index (χ4n) is 1.06. The molecule has 0 spiro atoms. The molecule has 0 heterocycles. The minimum absolute atomic E-state index is 0.111. The molecule has 0 fully saturated rings. The van der Waals surface area contributed by atoms with Gasteiger partial charge in [0.05, 0.1) is 0 Å². The van der Waals surface area contributed by atoms with Crippen LogP contribution in [0.25, 0.3) is 0 Å². The van der Waals surface area contributed by atoms with Gasteiger partial charge in [-0.25, -0.2) is 8.78 Å². The molecule has 0 amide bonds. The van der Waals surface area contributed by atoms with E-state index in [1.807, 2.05) is 0 Å². The maximum absolute atomic E-state index is 13.1. The van der Waals surface area contributed by atoms with Gasteiger partial charge >= 0.3 is 24.2 Å². The van der Waals surface area contributed by atoms with Crippen molar-refractivity contribution in [3.8, 4) is 0 Å². The van der Waals surface area contributed by atoms with Crippen molar-refractivity contribution in [3.63, 3.8) is 0 Å². The Balaban J connectivity index is 4.94. The second-order valence-electron chi connectivity index (χ2n) is 3.71. The molecule has 0 bridgehead atoms. The molecule has 3 nitrogen and oxygen atoms in total. The molecule has 0 aliphatic heterocycles. The maximum Gasteiger partial charge on any atom is 0.380 e. The molecule has 0 rings (SSSR count). The van der Waals surface area contributed by atoms with Crippen LogP contribution in [0.5, 0.6) is 0 Å². The van der Waals surface area contributed by atoms with E-state index in [-0.39, 0.29) is 13.2 Å². The van der Waals surface area contributed by atoms with Crippen LogP contribution in [0, 0.1) is 0 Å². The first-order valence-corrected chi connectivity index (χ1v) is 5.70. The minimum atomic E-state index is -6.31. The summed E-state index contributed by atoms with van der Waals surface area (Å²) in [6, 6.07) is 0. The molecular formula is C10H14F8O3. The van der Waals surface area contributed by atoms with E-state index >= 15 is 0 Å². The third-order valence-electron chi connectivity index (χ3n) is 2.16. The molecule has 0 radical (unpaired) electrons. The van der Waals surface area contributed by atoms with Gasteiger partial charge in [0, 0.05) is 13.2 Å². The highest BCUT2D eigenvalue weighted by atomic mass is 19.4. The summed E-state index contributed by atoms with van der Waals surface area (Å²) in [7, 11) is 0. The SMILES string of the molecule is CCOC(OCC)OCC(F)(F)C(F)(F)C(F)(F)C(F)F. The highest BCUT2D eigenvalue weighted by molar-refractivity contribution is 4.97. The van der Waals surface area contributed by atoms with E-state index in [1.165, 1.54) is 13.8 Å². The van der Waals surface area contributed by atoms with E-state index in [2.05, 4.69) is 14.2 Å². The van der Waals surface area contributed by atoms with Crippen molar-refractivity contribution in [1.29, 1.82) is 0 Å². The number of hydrogen-bond donors (Lipinski definition) is 0. The van der Waals surface area contributed by atoms with Gasteiger partial charge < -0.3 is 14.2 Å². The first-order chi connectivity index (χ1) is 9.44. The van der Waals surface area contributed by atoms with Gasteiger partial charge in [-0.2, -0.15) is 26.3 Å². The predicted molar refractivity (Wildman–Crippen MR) is 53.8 cm³/mol. The lowest BCUT2D eigenvalue weighted by Gasteiger charge is -2.32. The second-order valence-corrected chi connectivity index (χ2v) is 3.71. The monoisotopic (exact) mass is 334 g/mol. The Morgan fingerprint density at radius 1 is 0.810 bits per heavy atom. The van der Waals surface area contributed by atoms with Crippen LogP contribution >= 0.6 is 0 Å². The van der Waals surface area contributed by atoms with E-state index in [1.54, 1.807) is 0 Å². The van der Waals surface area contributed by atoms with Crippen LogP contribution in [0.1, 0.15) is 13.8 Å². The van der Waals surface area contributed by atoms with Crippen LogP contribution in [0.3, 0.4) is 0 Å². The van der Waals surface area contributed by atoms with Crippen molar-refractivity contribution < 1.29 is 49.3 Å².